The Bertz CT molecular complexity index is 3110. The van der Waals surface area contributed by atoms with E-state index < -0.39 is 18.1 Å². The Balaban J connectivity index is 0.737. The summed E-state index contributed by atoms with van der Waals surface area (Å²) in [6.07, 6.45) is 22.0. The van der Waals surface area contributed by atoms with Crippen LogP contribution >= 0.6 is 15.9 Å². The lowest BCUT2D eigenvalue weighted by molar-refractivity contribution is -0.145. The number of anilines is 1. The SMILES string of the molecule is COC(=O)CCCCCCCCCCCCCCCCC(=O)N[C@@H](CCC(=O)CCCOCCOCC(=O)NCCOCCOCC(=O)NCc1ncc(-c2ccc3c(c2)c(C(C)=O)nn3CC(=O)N2[C@H](C(=O)Nc3nc(Br)ccc3C)C[C@@]3(C)C[C@@H]23)cn1)C(=O)OC. The van der Waals surface area contributed by atoms with Gasteiger partial charge in [0.15, 0.2) is 5.78 Å². The summed E-state index contributed by atoms with van der Waals surface area (Å²) in [5, 5.41) is 16.2. The largest absolute Gasteiger partial charge is 0.469 e. The third kappa shape index (κ3) is 25.9. The van der Waals surface area contributed by atoms with Crippen LogP contribution in [0.1, 0.15) is 177 Å². The molecule has 4 N–H and O–H groups in total. The Labute approximate surface area is 553 Å². The number of rotatable bonds is 47. The number of hydrogen-bond donors (Lipinski definition) is 4. The van der Waals surface area contributed by atoms with Crippen LogP contribution in [0, 0.1) is 12.3 Å². The van der Waals surface area contributed by atoms with Crippen LogP contribution in [0.3, 0.4) is 0 Å². The predicted molar refractivity (Wildman–Crippen MR) is 349 cm³/mol. The molecule has 6 rings (SSSR count). The normalized spacial score (nSPS) is 15.9. The Morgan fingerprint density at radius 1 is 0.667 bits per heavy atom. The summed E-state index contributed by atoms with van der Waals surface area (Å²) in [6, 6.07) is 7.42. The maximum atomic E-state index is 14.1. The number of ketones is 2. The molecule has 2 fully saturated rings. The third-order valence-electron chi connectivity index (χ3n) is 16.7. The standard InChI is InChI=1S/C67H95BrN10O15/c1-46-24-29-56(68)74-64(46)75-65(86)54-38-67(3)39-55(67)78(54)61(84)43-77-53-28-25-48(37-51(53)63(76-77)47(2)79)49-40-70-57(71-41-49)42-72-60(83)45-93-36-34-91-32-30-69-59(82)44-92-35-33-90-31-20-21-50(80)26-27-52(66(87)89-5)73-58(81)22-18-16-14-12-10-8-6-7-9-11-13-15-17-19-23-62(85)88-4/h24-25,28-29,37,40-41,52,54-55H,6-23,26-27,30-36,38-39,42-45H2,1-5H3,(H,69,82)(H,72,83)(H,73,81)(H,74,75,86)/t52-,54-,55+,67-/m0/s1. The van der Waals surface area contributed by atoms with E-state index in [1.54, 1.807) is 35.5 Å². The van der Waals surface area contributed by atoms with Gasteiger partial charge < -0.3 is 54.6 Å². The van der Waals surface area contributed by atoms with Crippen molar-refractivity contribution in [2.45, 2.75) is 193 Å². The van der Waals surface area contributed by atoms with Gasteiger partial charge in [0.25, 0.3) is 0 Å². The Hall–Kier alpha value is -7.13. The third-order valence-corrected chi connectivity index (χ3v) is 17.1. The second kappa shape index (κ2) is 40.2. The number of nitrogens with one attached hydrogen (secondary N) is 4. The molecule has 25 nitrogen and oxygen atoms in total. The van der Waals surface area contributed by atoms with Crippen LogP contribution in [0.4, 0.5) is 5.82 Å². The number of fused-ring (bicyclic) bond motifs is 2. The molecule has 1 aliphatic carbocycles. The lowest BCUT2D eigenvalue weighted by Gasteiger charge is -2.27. The van der Waals surface area contributed by atoms with Crippen molar-refractivity contribution in [3.05, 3.63) is 64.4 Å². The van der Waals surface area contributed by atoms with E-state index >= 15 is 0 Å². The van der Waals surface area contributed by atoms with Crippen molar-refractivity contribution in [1.82, 2.24) is 45.6 Å². The first-order valence-electron chi connectivity index (χ1n) is 32.8. The first-order valence-corrected chi connectivity index (χ1v) is 33.6. The number of Topliss-reactive ketones (excluding diaryl/α,β-unsaturated/α-hetero) is 2. The number of likely N-dealkylation sites (tertiary alicyclic amines) is 1. The second-order valence-corrected chi connectivity index (χ2v) is 25.0. The number of pyridine rings is 1. The summed E-state index contributed by atoms with van der Waals surface area (Å²) in [5.41, 5.74) is 2.78. The predicted octanol–water partition coefficient (Wildman–Crippen LogP) is 8.18. The molecule has 0 radical (unpaired) electrons. The lowest BCUT2D eigenvalue weighted by atomic mass is 10.0. The van der Waals surface area contributed by atoms with E-state index in [2.05, 4.69) is 68.9 Å². The highest BCUT2D eigenvalue weighted by atomic mass is 79.9. The monoisotopic (exact) mass is 1360 g/mol. The molecule has 5 amide bonds. The van der Waals surface area contributed by atoms with Gasteiger partial charge in [-0.05, 0) is 96.1 Å². The summed E-state index contributed by atoms with van der Waals surface area (Å²) in [7, 11) is 2.69. The van der Waals surface area contributed by atoms with Crippen LogP contribution in [0.2, 0.25) is 0 Å². The zero-order valence-electron chi connectivity index (χ0n) is 54.8. The quantitative estimate of drug-likeness (QED) is 0.0140. The topological polar surface area (TPSA) is 317 Å². The fourth-order valence-electron chi connectivity index (χ4n) is 11.3. The van der Waals surface area contributed by atoms with Gasteiger partial charge in [0, 0.05) is 75.1 Å². The number of benzene rings is 1. The zero-order chi connectivity index (χ0) is 67.0. The average Bonchev–Trinajstić information content (AvgIpc) is 1.55. The maximum Gasteiger partial charge on any atom is 0.328 e. The van der Waals surface area contributed by atoms with Crippen LogP contribution in [-0.2, 0) is 79.9 Å². The highest BCUT2D eigenvalue weighted by Crippen LogP contribution is 2.59. The lowest BCUT2D eigenvalue weighted by Crippen LogP contribution is -2.47. The van der Waals surface area contributed by atoms with Gasteiger partial charge in [0.2, 0.25) is 29.5 Å². The summed E-state index contributed by atoms with van der Waals surface area (Å²) in [4.78, 5) is 129. The molecule has 4 heterocycles. The maximum absolute atomic E-state index is 14.1. The van der Waals surface area contributed by atoms with Crippen LogP contribution in [0.15, 0.2) is 47.3 Å². The Kier molecular flexibility index (Phi) is 32.4. The number of nitrogens with zero attached hydrogens (tertiary/aromatic N) is 6. The van der Waals surface area contributed by atoms with Crippen LogP contribution in [-0.4, -0.2) is 174 Å². The molecular formula is C67H95BrN10O15. The van der Waals surface area contributed by atoms with E-state index in [9.17, 15) is 43.2 Å². The van der Waals surface area contributed by atoms with Gasteiger partial charge in [-0.3, -0.25) is 43.0 Å². The molecule has 26 heteroatoms. The van der Waals surface area contributed by atoms with E-state index in [-0.39, 0.29) is 149 Å². The van der Waals surface area contributed by atoms with Crippen LogP contribution in [0.25, 0.3) is 22.0 Å². The number of carbonyl (C=O) groups excluding carboxylic acids is 9. The molecular weight excluding hydrogens is 1260 g/mol. The van der Waals surface area contributed by atoms with E-state index in [0.29, 0.717) is 70.6 Å². The summed E-state index contributed by atoms with van der Waals surface area (Å²) in [5.74, 6) is -1.76. The summed E-state index contributed by atoms with van der Waals surface area (Å²) in [6.45, 7) is 6.36. The number of aromatic nitrogens is 5. The van der Waals surface area contributed by atoms with Gasteiger partial charge in [-0.25, -0.2) is 19.7 Å². The average molecular weight is 1360 g/mol. The molecule has 0 bridgehead atoms. The van der Waals surface area contributed by atoms with Crippen molar-refractivity contribution in [1.29, 1.82) is 0 Å². The molecule has 4 aromatic rings. The van der Waals surface area contributed by atoms with E-state index in [0.717, 1.165) is 50.5 Å². The van der Waals surface area contributed by atoms with E-state index in [1.165, 1.54) is 77.2 Å². The molecule has 4 atom stereocenters. The first-order chi connectivity index (χ1) is 44.9. The molecule has 1 saturated carbocycles. The molecule has 0 unspecified atom stereocenters. The summed E-state index contributed by atoms with van der Waals surface area (Å²) < 4.78 is 33.5. The molecule has 3 aromatic heterocycles. The van der Waals surface area contributed by atoms with Gasteiger partial charge in [-0.2, -0.15) is 5.10 Å². The molecule has 1 saturated heterocycles. The minimum absolute atomic E-state index is 0.0500. The number of amides is 5. The number of piperidine rings is 1. The number of unbranched alkanes of at least 4 members (excludes halogenated alkanes) is 13. The number of methoxy groups -OCH3 is 2. The fraction of sp³-hybridized carbons (Fsp3) is 0.627. The fourth-order valence-corrected chi connectivity index (χ4v) is 11.6. The Morgan fingerprint density at radius 2 is 1.28 bits per heavy atom. The number of hydrogen-bond acceptors (Lipinski definition) is 19. The Morgan fingerprint density at radius 3 is 1.91 bits per heavy atom. The van der Waals surface area contributed by atoms with Crippen molar-refractivity contribution in [2.75, 3.05) is 78.9 Å². The molecule has 93 heavy (non-hydrogen) atoms. The molecule has 510 valence electrons. The van der Waals surface area contributed by atoms with Gasteiger partial charge in [-0.1, -0.05) is 96.1 Å². The minimum atomic E-state index is -0.882. The molecule has 1 aliphatic heterocycles. The van der Waals surface area contributed by atoms with Crippen molar-refractivity contribution in [3.8, 4) is 11.1 Å². The van der Waals surface area contributed by atoms with Crippen LogP contribution < -0.4 is 21.3 Å². The zero-order valence-corrected chi connectivity index (χ0v) is 56.4. The van der Waals surface area contributed by atoms with Gasteiger partial charge >= 0.3 is 11.9 Å². The van der Waals surface area contributed by atoms with Gasteiger partial charge in [0.1, 0.15) is 59.6 Å². The highest BCUT2D eigenvalue weighted by Gasteiger charge is 2.64. The van der Waals surface area contributed by atoms with Gasteiger partial charge in [-0.15, -0.1) is 0 Å². The number of esters is 2. The van der Waals surface area contributed by atoms with Crippen molar-refractivity contribution >= 4 is 85.7 Å². The number of halogens is 1. The van der Waals surface area contributed by atoms with E-state index in [1.807, 2.05) is 19.1 Å². The van der Waals surface area contributed by atoms with Crippen LogP contribution in [0.5, 0.6) is 0 Å². The number of carbonyl (C=O) groups is 9. The minimum Gasteiger partial charge on any atom is -0.469 e. The smallest absolute Gasteiger partial charge is 0.328 e. The van der Waals surface area contributed by atoms with Gasteiger partial charge in [0.05, 0.1) is 59.3 Å². The summed E-state index contributed by atoms with van der Waals surface area (Å²) >= 11 is 3.36. The van der Waals surface area contributed by atoms with E-state index in [4.69, 9.17) is 23.7 Å². The molecule has 0 spiro atoms. The van der Waals surface area contributed by atoms with Crippen molar-refractivity contribution < 1.29 is 71.6 Å². The highest BCUT2D eigenvalue weighted by molar-refractivity contribution is 9.10. The first kappa shape index (κ1) is 74.9. The van der Waals surface area contributed by atoms with Crippen molar-refractivity contribution in [2.24, 2.45) is 5.41 Å². The number of aryl methyl sites for hydroxylation is 1. The van der Waals surface area contributed by atoms with Crippen molar-refractivity contribution in [3.63, 3.8) is 0 Å². The molecule has 2 aliphatic rings. The number of ether oxygens (including phenoxy) is 6. The second-order valence-electron chi connectivity index (χ2n) is 24.2. The molecule has 1 aromatic carbocycles.